The lowest BCUT2D eigenvalue weighted by molar-refractivity contribution is 0.0519. The van der Waals surface area contributed by atoms with Gasteiger partial charge in [0.15, 0.2) is 11.5 Å². The van der Waals surface area contributed by atoms with Crippen LogP contribution in [-0.2, 0) is 22.6 Å². The number of nitrogens with one attached hydrogen (secondary N) is 4. The second-order valence-corrected chi connectivity index (χ2v) is 9.57. The van der Waals surface area contributed by atoms with Crippen LogP contribution in [-0.4, -0.2) is 74.6 Å². The normalized spacial score (nSPS) is 10.6. The first-order valence-electron chi connectivity index (χ1n) is 14.5. The Morgan fingerprint density at radius 1 is 0.711 bits per heavy atom. The Morgan fingerprint density at radius 2 is 1.38 bits per heavy atom. The first-order chi connectivity index (χ1) is 22.1. The molecule has 0 aliphatic carbocycles. The summed E-state index contributed by atoms with van der Waals surface area (Å²) in [6.07, 6.45) is 0. The molecule has 0 saturated heterocycles. The molecule has 0 aliphatic heterocycles. The van der Waals surface area contributed by atoms with Gasteiger partial charge in [0.1, 0.15) is 5.82 Å². The Balaban J connectivity index is 1.24. The van der Waals surface area contributed by atoms with Gasteiger partial charge in [0, 0.05) is 37.3 Å². The highest BCUT2D eigenvalue weighted by atomic mass is 19.1. The summed E-state index contributed by atoms with van der Waals surface area (Å²) in [6, 6.07) is 20.9. The summed E-state index contributed by atoms with van der Waals surface area (Å²) in [6.45, 7) is 3.08. The summed E-state index contributed by atoms with van der Waals surface area (Å²) in [5.41, 5.74) is 2.21. The molecular formula is C32H38FN7O5. The van der Waals surface area contributed by atoms with Crippen molar-refractivity contribution in [1.29, 1.82) is 0 Å². The molecule has 0 bridgehead atoms. The average molecular weight is 620 g/mol. The van der Waals surface area contributed by atoms with Crippen molar-refractivity contribution < 1.29 is 28.1 Å². The molecule has 0 fully saturated rings. The number of para-hydroxylation sites is 1. The Labute approximate surface area is 261 Å². The van der Waals surface area contributed by atoms with Crippen LogP contribution in [0.4, 0.5) is 22.2 Å². The molecule has 4 N–H and O–H groups in total. The zero-order valence-electron chi connectivity index (χ0n) is 25.3. The third-order valence-corrected chi connectivity index (χ3v) is 6.37. The molecule has 0 radical (unpaired) electrons. The van der Waals surface area contributed by atoms with Crippen LogP contribution >= 0.6 is 0 Å². The van der Waals surface area contributed by atoms with Crippen molar-refractivity contribution in [2.45, 2.75) is 13.1 Å². The highest BCUT2D eigenvalue weighted by molar-refractivity contribution is 5.94. The minimum atomic E-state index is -0.317. The molecule has 4 rings (SSSR count). The molecule has 1 aromatic heterocycles. The summed E-state index contributed by atoms with van der Waals surface area (Å²) in [4.78, 5) is 25.5. The maximum absolute atomic E-state index is 13.6. The van der Waals surface area contributed by atoms with Crippen LogP contribution < -0.4 is 30.7 Å². The molecule has 13 heteroatoms. The molecular weight excluding hydrogens is 581 g/mol. The lowest BCUT2D eigenvalue weighted by Crippen LogP contribution is -2.27. The van der Waals surface area contributed by atoms with Crippen LogP contribution in [0.25, 0.3) is 0 Å². The Hall–Kier alpha value is -5.01. The van der Waals surface area contributed by atoms with Gasteiger partial charge in [-0.2, -0.15) is 15.0 Å². The standard InChI is InChI=1S/C32H38FN7O5/c1-42-27-13-7-11-25(28(27)43-2)22-37-32-39-30(38-31(40-32)36-21-23-8-6-12-26(33)20-23)35-15-17-45-19-18-44-16-14-34-29(41)24-9-4-3-5-10-24/h3-13,20H,14-19,21-22H2,1-2H3,(H,34,41)(H3,35,36,37,38,39,40). The van der Waals surface area contributed by atoms with E-state index in [0.29, 0.717) is 87.5 Å². The second-order valence-electron chi connectivity index (χ2n) is 9.57. The topological polar surface area (TPSA) is 141 Å². The minimum absolute atomic E-state index is 0.134. The van der Waals surface area contributed by atoms with E-state index in [0.717, 1.165) is 11.1 Å². The van der Waals surface area contributed by atoms with E-state index in [2.05, 4.69) is 36.2 Å². The number of anilines is 3. The van der Waals surface area contributed by atoms with Gasteiger partial charge in [-0.1, -0.05) is 42.5 Å². The van der Waals surface area contributed by atoms with E-state index in [4.69, 9.17) is 18.9 Å². The predicted octanol–water partition coefficient (Wildman–Crippen LogP) is 4.13. The molecule has 1 heterocycles. The quantitative estimate of drug-likeness (QED) is 0.113. The monoisotopic (exact) mass is 619 g/mol. The number of aromatic nitrogens is 3. The Kier molecular flexibility index (Phi) is 13.1. The maximum atomic E-state index is 13.6. The zero-order chi connectivity index (χ0) is 31.7. The lowest BCUT2D eigenvalue weighted by Gasteiger charge is -2.14. The van der Waals surface area contributed by atoms with Gasteiger partial charge in [-0.25, -0.2) is 4.39 Å². The van der Waals surface area contributed by atoms with Crippen molar-refractivity contribution in [2.24, 2.45) is 0 Å². The largest absolute Gasteiger partial charge is 0.493 e. The van der Waals surface area contributed by atoms with Crippen molar-refractivity contribution in [3.8, 4) is 11.5 Å². The summed E-state index contributed by atoms with van der Waals surface area (Å²) in [5.74, 6) is 1.75. The van der Waals surface area contributed by atoms with Crippen molar-refractivity contribution in [1.82, 2.24) is 20.3 Å². The summed E-state index contributed by atoms with van der Waals surface area (Å²) >= 11 is 0. The molecule has 3 aromatic carbocycles. The minimum Gasteiger partial charge on any atom is -0.493 e. The summed E-state index contributed by atoms with van der Waals surface area (Å²) < 4.78 is 35.7. The number of benzene rings is 3. The van der Waals surface area contributed by atoms with Crippen molar-refractivity contribution >= 4 is 23.8 Å². The molecule has 0 saturated carbocycles. The number of ether oxygens (including phenoxy) is 4. The van der Waals surface area contributed by atoms with Crippen molar-refractivity contribution in [2.75, 3.05) is 69.7 Å². The fraction of sp³-hybridized carbons (Fsp3) is 0.312. The Morgan fingerprint density at radius 3 is 2.07 bits per heavy atom. The van der Waals surface area contributed by atoms with E-state index in [-0.39, 0.29) is 11.7 Å². The molecule has 1 amide bonds. The van der Waals surface area contributed by atoms with E-state index >= 15 is 0 Å². The number of hydrogen-bond donors (Lipinski definition) is 4. The molecule has 0 atom stereocenters. The molecule has 0 unspecified atom stereocenters. The second kappa shape index (κ2) is 18.0. The van der Waals surface area contributed by atoms with Gasteiger partial charge >= 0.3 is 0 Å². The highest BCUT2D eigenvalue weighted by Crippen LogP contribution is 2.31. The number of hydrogen-bond acceptors (Lipinski definition) is 11. The van der Waals surface area contributed by atoms with Crippen LogP contribution in [0, 0.1) is 5.82 Å². The molecule has 0 aliphatic rings. The van der Waals surface area contributed by atoms with Gasteiger partial charge < -0.3 is 40.2 Å². The van der Waals surface area contributed by atoms with Gasteiger partial charge in [0.05, 0.1) is 40.6 Å². The number of nitrogens with zero attached hydrogens (tertiary/aromatic N) is 3. The fourth-order valence-electron chi connectivity index (χ4n) is 4.19. The number of halogens is 1. The third kappa shape index (κ3) is 10.9. The molecule has 12 nitrogen and oxygen atoms in total. The van der Waals surface area contributed by atoms with E-state index in [9.17, 15) is 9.18 Å². The molecule has 45 heavy (non-hydrogen) atoms. The summed E-state index contributed by atoms with van der Waals surface area (Å²) in [7, 11) is 3.17. The maximum Gasteiger partial charge on any atom is 0.251 e. The smallest absolute Gasteiger partial charge is 0.251 e. The van der Waals surface area contributed by atoms with Gasteiger partial charge in [-0.05, 0) is 35.9 Å². The van der Waals surface area contributed by atoms with Gasteiger partial charge in [-0.15, -0.1) is 0 Å². The number of carbonyl (C=O) groups is 1. The van der Waals surface area contributed by atoms with E-state index in [1.807, 2.05) is 42.5 Å². The van der Waals surface area contributed by atoms with Gasteiger partial charge in [0.2, 0.25) is 17.8 Å². The SMILES string of the molecule is COc1cccc(CNc2nc(NCCOCCOCCNC(=O)c3ccccc3)nc(NCc3cccc(F)c3)n2)c1OC. The average Bonchev–Trinajstić information content (AvgIpc) is 3.07. The van der Waals surface area contributed by atoms with E-state index in [1.54, 1.807) is 32.4 Å². The van der Waals surface area contributed by atoms with Gasteiger partial charge in [0.25, 0.3) is 5.91 Å². The van der Waals surface area contributed by atoms with Crippen LogP contribution in [0.1, 0.15) is 21.5 Å². The van der Waals surface area contributed by atoms with Crippen LogP contribution in [0.2, 0.25) is 0 Å². The number of methoxy groups -OCH3 is 2. The highest BCUT2D eigenvalue weighted by Gasteiger charge is 2.12. The van der Waals surface area contributed by atoms with E-state index in [1.165, 1.54) is 12.1 Å². The van der Waals surface area contributed by atoms with Crippen LogP contribution in [0.15, 0.2) is 72.8 Å². The van der Waals surface area contributed by atoms with Crippen LogP contribution in [0.5, 0.6) is 11.5 Å². The lowest BCUT2D eigenvalue weighted by atomic mass is 10.2. The first-order valence-corrected chi connectivity index (χ1v) is 14.5. The number of amides is 1. The zero-order valence-corrected chi connectivity index (χ0v) is 25.3. The predicted molar refractivity (Wildman–Crippen MR) is 169 cm³/mol. The number of rotatable bonds is 19. The van der Waals surface area contributed by atoms with Gasteiger partial charge in [-0.3, -0.25) is 4.79 Å². The van der Waals surface area contributed by atoms with E-state index < -0.39 is 0 Å². The molecule has 238 valence electrons. The Bertz CT molecular complexity index is 1500. The number of carbonyl (C=O) groups excluding carboxylic acids is 1. The third-order valence-electron chi connectivity index (χ3n) is 6.37. The molecule has 4 aromatic rings. The molecule has 0 spiro atoms. The van der Waals surface area contributed by atoms with Crippen molar-refractivity contribution in [3.05, 3.63) is 95.3 Å². The summed E-state index contributed by atoms with van der Waals surface area (Å²) in [5, 5.41) is 12.3. The van der Waals surface area contributed by atoms with Crippen LogP contribution in [0.3, 0.4) is 0 Å². The first kappa shape index (κ1) is 32.9. The van der Waals surface area contributed by atoms with Crippen molar-refractivity contribution in [3.63, 3.8) is 0 Å². The fourth-order valence-corrected chi connectivity index (χ4v) is 4.19.